The van der Waals surface area contributed by atoms with E-state index in [1.54, 1.807) is 18.4 Å². The van der Waals surface area contributed by atoms with Gasteiger partial charge in [-0.05, 0) is 36.4 Å². The average molecular weight is 236 g/mol. The van der Waals surface area contributed by atoms with Gasteiger partial charge in [0.05, 0.1) is 12.4 Å². The number of benzene rings is 1. The lowest BCUT2D eigenvalue weighted by atomic mass is 10.2. The number of rotatable bonds is 5. The Morgan fingerprint density at radius 2 is 2.00 bits per heavy atom. The molecule has 0 amide bonds. The summed E-state index contributed by atoms with van der Waals surface area (Å²) < 4.78 is 23.0. The molecule has 0 fully saturated rings. The first kappa shape index (κ1) is 11.7. The fourth-order valence-electron chi connectivity index (χ4n) is 1.44. The van der Waals surface area contributed by atoms with Gasteiger partial charge in [-0.2, -0.15) is 0 Å². The standard InChI is InChI=1S/C13H13FO3/c14-10-3-5-12(6-4-10)17-9-11(15)8-13-2-1-7-16-13/h1-7,11,15H,8-9H2. The van der Waals surface area contributed by atoms with Crippen molar-refractivity contribution < 1.29 is 18.7 Å². The highest BCUT2D eigenvalue weighted by molar-refractivity contribution is 5.22. The number of hydrogen-bond acceptors (Lipinski definition) is 3. The maximum atomic E-state index is 12.6. The molecule has 0 spiro atoms. The van der Waals surface area contributed by atoms with Crippen molar-refractivity contribution in [3.05, 3.63) is 54.2 Å². The second kappa shape index (κ2) is 5.50. The Morgan fingerprint density at radius 1 is 1.24 bits per heavy atom. The van der Waals surface area contributed by atoms with Gasteiger partial charge in [0.25, 0.3) is 0 Å². The second-order valence-corrected chi connectivity index (χ2v) is 3.70. The van der Waals surface area contributed by atoms with E-state index in [0.29, 0.717) is 17.9 Å². The minimum atomic E-state index is -0.647. The molecule has 0 saturated carbocycles. The Labute approximate surface area is 98.5 Å². The number of furan rings is 1. The van der Waals surface area contributed by atoms with Crippen LogP contribution in [-0.2, 0) is 6.42 Å². The Hall–Kier alpha value is -1.81. The monoisotopic (exact) mass is 236 g/mol. The van der Waals surface area contributed by atoms with Crippen molar-refractivity contribution in [2.75, 3.05) is 6.61 Å². The van der Waals surface area contributed by atoms with Crippen LogP contribution in [0.4, 0.5) is 4.39 Å². The van der Waals surface area contributed by atoms with E-state index >= 15 is 0 Å². The van der Waals surface area contributed by atoms with Gasteiger partial charge in [-0.3, -0.25) is 0 Å². The van der Waals surface area contributed by atoms with E-state index in [1.807, 2.05) is 0 Å². The lowest BCUT2D eigenvalue weighted by Crippen LogP contribution is -2.19. The largest absolute Gasteiger partial charge is 0.491 e. The molecule has 0 radical (unpaired) electrons. The van der Waals surface area contributed by atoms with Crippen molar-refractivity contribution in [3.63, 3.8) is 0 Å². The maximum absolute atomic E-state index is 12.6. The molecular formula is C13H13FO3. The van der Waals surface area contributed by atoms with E-state index in [4.69, 9.17) is 9.15 Å². The van der Waals surface area contributed by atoms with Gasteiger partial charge >= 0.3 is 0 Å². The van der Waals surface area contributed by atoms with Crippen LogP contribution in [-0.4, -0.2) is 17.8 Å². The van der Waals surface area contributed by atoms with E-state index < -0.39 is 6.10 Å². The molecule has 2 rings (SSSR count). The molecule has 17 heavy (non-hydrogen) atoms. The quantitative estimate of drug-likeness (QED) is 0.866. The molecule has 4 heteroatoms. The third-order valence-corrected chi connectivity index (χ3v) is 2.27. The second-order valence-electron chi connectivity index (χ2n) is 3.70. The average Bonchev–Trinajstić information content (AvgIpc) is 2.81. The summed E-state index contributed by atoms with van der Waals surface area (Å²) in [4.78, 5) is 0. The fourth-order valence-corrected chi connectivity index (χ4v) is 1.44. The van der Waals surface area contributed by atoms with Crippen molar-refractivity contribution >= 4 is 0 Å². The summed E-state index contributed by atoms with van der Waals surface area (Å²) in [7, 11) is 0. The van der Waals surface area contributed by atoms with Crippen molar-refractivity contribution in [2.45, 2.75) is 12.5 Å². The van der Waals surface area contributed by atoms with Gasteiger partial charge in [-0.1, -0.05) is 0 Å². The number of hydrogen-bond donors (Lipinski definition) is 1. The van der Waals surface area contributed by atoms with Crippen LogP contribution in [0.15, 0.2) is 47.1 Å². The first-order valence-corrected chi connectivity index (χ1v) is 5.33. The van der Waals surface area contributed by atoms with Crippen LogP contribution in [0.5, 0.6) is 5.75 Å². The lowest BCUT2D eigenvalue weighted by Gasteiger charge is -2.10. The summed E-state index contributed by atoms with van der Waals surface area (Å²) >= 11 is 0. The van der Waals surface area contributed by atoms with Gasteiger partial charge in [-0.25, -0.2) is 4.39 Å². The molecule has 0 aliphatic carbocycles. The van der Waals surface area contributed by atoms with Gasteiger partial charge in [0, 0.05) is 6.42 Å². The molecule has 0 aliphatic heterocycles. The zero-order valence-electron chi connectivity index (χ0n) is 9.17. The van der Waals surface area contributed by atoms with Crippen molar-refractivity contribution in [3.8, 4) is 5.75 Å². The number of aliphatic hydroxyl groups excluding tert-OH is 1. The Balaban J connectivity index is 1.79. The Bertz CT molecular complexity index is 436. The van der Waals surface area contributed by atoms with Crippen LogP contribution in [0, 0.1) is 5.82 Å². The molecule has 1 aromatic heterocycles. The predicted octanol–water partition coefficient (Wildman–Crippen LogP) is 2.40. The van der Waals surface area contributed by atoms with Gasteiger partial charge < -0.3 is 14.3 Å². The third-order valence-electron chi connectivity index (χ3n) is 2.27. The smallest absolute Gasteiger partial charge is 0.123 e. The van der Waals surface area contributed by atoms with Gasteiger partial charge in [0.1, 0.15) is 23.9 Å². The number of aliphatic hydroxyl groups is 1. The molecule has 0 aliphatic rings. The van der Waals surface area contributed by atoms with Crippen molar-refractivity contribution in [1.82, 2.24) is 0 Å². The Kier molecular flexibility index (Phi) is 3.77. The summed E-state index contributed by atoms with van der Waals surface area (Å²) in [5, 5.41) is 9.68. The summed E-state index contributed by atoms with van der Waals surface area (Å²) in [6.07, 6.45) is 1.31. The van der Waals surface area contributed by atoms with Crippen molar-refractivity contribution in [1.29, 1.82) is 0 Å². The lowest BCUT2D eigenvalue weighted by molar-refractivity contribution is 0.103. The molecule has 90 valence electrons. The molecule has 1 unspecified atom stereocenters. The van der Waals surface area contributed by atoms with E-state index in [-0.39, 0.29) is 12.4 Å². The fraction of sp³-hybridized carbons (Fsp3) is 0.231. The molecule has 1 N–H and O–H groups in total. The highest BCUT2D eigenvalue weighted by Crippen LogP contribution is 2.12. The van der Waals surface area contributed by atoms with Gasteiger partial charge in [-0.15, -0.1) is 0 Å². The summed E-state index contributed by atoms with van der Waals surface area (Å²) in [6, 6.07) is 9.23. The molecule has 1 aromatic carbocycles. The summed E-state index contributed by atoms with van der Waals surface area (Å²) in [5.41, 5.74) is 0. The zero-order chi connectivity index (χ0) is 12.1. The molecule has 0 bridgehead atoms. The first-order chi connectivity index (χ1) is 8.24. The van der Waals surface area contributed by atoms with Crippen LogP contribution in [0.2, 0.25) is 0 Å². The molecule has 0 saturated heterocycles. The molecule has 2 aromatic rings. The zero-order valence-corrected chi connectivity index (χ0v) is 9.17. The molecular weight excluding hydrogens is 223 g/mol. The van der Waals surface area contributed by atoms with Crippen LogP contribution < -0.4 is 4.74 Å². The normalized spacial score (nSPS) is 12.4. The SMILES string of the molecule is OC(COc1ccc(F)cc1)Cc1ccco1. The Morgan fingerprint density at radius 3 is 2.65 bits per heavy atom. The minimum absolute atomic E-state index is 0.145. The first-order valence-electron chi connectivity index (χ1n) is 5.33. The predicted molar refractivity (Wildman–Crippen MR) is 60.3 cm³/mol. The third kappa shape index (κ3) is 3.60. The van der Waals surface area contributed by atoms with E-state index in [2.05, 4.69) is 0 Å². The highest BCUT2D eigenvalue weighted by Gasteiger charge is 2.08. The number of halogens is 1. The highest BCUT2D eigenvalue weighted by atomic mass is 19.1. The molecule has 1 heterocycles. The van der Waals surface area contributed by atoms with Gasteiger partial charge in [0.2, 0.25) is 0 Å². The summed E-state index contributed by atoms with van der Waals surface area (Å²) in [6.45, 7) is 0.145. The topological polar surface area (TPSA) is 42.6 Å². The van der Waals surface area contributed by atoms with Crippen molar-refractivity contribution in [2.24, 2.45) is 0 Å². The number of ether oxygens (including phenoxy) is 1. The van der Waals surface area contributed by atoms with Crippen LogP contribution in [0.25, 0.3) is 0 Å². The summed E-state index contributed by atoms with van der Waals surface area (Å²) in [5.74, 6) is 0.929. The van der Waals surface area contributed by atoms with Crippen LogP contribution in [0.3, 0.4) is 0 Å². The molecule has 1 atom stereocenters. The van der Waals surface area contributed by atoms with Gasteiger partial charge in [0.15, 0.2) is 0 Å². The van der Waals surface area contributed by atoms with Crippen LogP contribution >= 0.6 is 0 Å². The minimum Gasteiger partial charge on any atom is -0.491 e. The van der Waals surface area contributed by atoms with E-state index in [9.17, 15) is 9.50 Å². The van der Waals surface area contributed by atoms with E-state index in [1.165, 1.54) is 24.3 Å². The maximum Gasteiger partial charge on any atom is 0.123 e. The molecule has 3 nitrogen and oxygen atoms in total. The van der Waals surface area contributed by atoms with E-state index in [0.717, 1.165) is 0 Å². The van der Waals surface area contributed by atoms with Crippen LogP contribution in [0.1, 0.15) is 5.76 Å².